The van der Waals surface area contributed by atoms with Gasteiger partial charge >= 0.3 is 97.0 Å². The van der Waals surface area contributed by atoms with Crippen molar-refractivity contribution < 1.29 is 0 Å². The first-order valence-corrected chi connectivity index (χ1v) is 11.1. The zero-order valence-corrected chi connectivity index (χ0v) is 12.7. The number of rotatable bonds is 2. The van der Waals surface area contributed by atoms with Crippen LogP contribution in [0.1, 0.15) is 27.7 Å². The number of nitrogens with zero attached hydrogens (tertiary/aromatic N) is 2. The fraction of sp³-hybridized carbons (Fsp3) is 0.833. The van der Waals surface area contributed by atoms with E-state index in [1.54, 1.807) is 11.1 Å². The van der Waals surface area contributed by atoms with Crippen LogP contribution >= 0.6 is 0 Å². The van der Waals surface area contributed by atoms with Crippen LogP contribution in [0.5, 0.6) is 0 Å². The van der Waals surface area contributed by atoms with Crippen molar-refractivity contribution >= 4 is 13.7 Å². The summed E-state index contributed by atoms with van der Waals surface area (Å²) in [5, 5.41) is 2.90. The van der Waals surface area contributed by atoms with Gasteiger partial charge in [0.25, 0.3) is 0 Å². The summed E-state index contributed by atoms with van der Waals surface area (Å²) in [7, 11) is 0. The van der Waals surface area contributed by atoms with Gasteiger partial charge in [0.2, 0.25) is 0 Å². The molecule has 0 aliphatic carbocycles. The summed E-state index contributed by atoms with van der Waals surface area (Å²) < 4.78 is 5.73. The van der Waals surface area contributed by atoms with E-state index in [0.29, 0.717) is 0 Å². The molecule has 0 atom stereocenters. The Kier molecular flexibility index (Phi) is 3.29. The topological polar surface area (TPSA) is 6.48 Å². The van der Waals surface area contributed by atoms with Gasteiger partial charge in [-0.2, -0.15) is 0 Å². The number of allylic oxidation sites excluding steroid dienone is 2. The SMILES string of the molecule is CC[N]1CC[N](CC)[Ge]12[CH2]C(C)=C(C)[CH2]2. The molecule has 1 fully saturated rings. The molecule has 0 amide bonds. The van der Waals surface area contributed by atoms with Gasteiger partial charge in [0.1, 0.15) is 0 Å². The van der Waals surface area contributed by atoms with Gasteiger partial charge < -0.3 is 0 Å². The molecule has 2 nitrogen and oxygen atoms in total. The van der Waals surface area contributed by atoms with Crippen molar-refractivity contribution in [2.75, 3.05) is 26.2 Å². The van der Waals surface area contributed by atoms with E-state index in [2.05, 4.69) is 35.4 Å². The summed E-state index contributed by atoms with van der Waals surface area (Å²) in [5.41, 5.74) is 3.41. The third kappa shape index (κ3) is 1.71. The first-order valence-electron chi connectivity index (χ1n) is 6.29. The summed E-state index contributed by atoms with van der Waals surface area (Å²) >= 11 is -1.83. The van der Waals surface area contributed by atoms with Crippen LogP contribution in [0, 0.1) is 0 Å². The van der Waals surface area contributed by atoms with E-state index in [1.807, 2.05) is 0 Å². The standard InChI is InChI=1S/C12H24GeN2/c1-5-14-7-8-15(6-2)13(14)9-11(3)12(4)10-13/h5-10H2,1-4H3. The Bertz CT molecular complexity index is 257. The van der Waals surface area contributed by atoms with Crippen LogP contribution in [0.15, 0.2) is 11.1 Å². The quantitative estimate of drug-likeness (QED) is 0.561. The Morgan fingerprint density at radius 1 is 0.933 bits per heavy atom. The fourth-order valence-electron chi connectivity index (χ4n) is 3.42. The summed E-state index contributed by atoms with van der Waals surface area (Å²) in [5.74, 6) is 0. The van der Waals surface area contributed by atoms with Crippen molar-refractivity contribution in [2.45, 2.75) is 38.2 Å². The third-order valence-electron chi connectivity index (χ3n) is 4.41. The molecule has 1 spiro atoms. The van der Waals surface area contributed by atoms with Crippen LogP contribution in [-0.2, 0) is 0 Å². The van der Waals surface area contributed by atoms with Crippen LogP contribution < -0.4 is 0 Å². The molecule has 2 aliphatic heterocycles. The summed E-state index contributed by atoms with van der Waals surface area (Å²) in [6, 6.07) is 0. The first-order chi connectivity index (χ1) is 7.14. The predicted octanol–water partition coefficient (Wildman–Crippen LogP) is 2.44. The summed E-state index contributed by atoms with van der Waals surface area (Å²) in [6.45, 7) is 14.6. The predicted molar refractivity (Wildman–Crippen MR) is 68.2 cm³/mol. The minimum atomic E-state index is -1.83. The number of hydrogen-bond donors (Lipinski definition) is 0. The van der Waals surface area contributed by atoms with Crippen molar-refractivity contribution in [3.63, 3.8) is 0 Å². The van der Waals surface area contributed by atoms with Crippen LogP contribution in [0.2, 0.25) is 10.5 Å². The monoisotopic (exact) mass is 270 g/mol. The third-order valence-corrected chi connectivity index (χ3v) is 16.2. The fourth-order valence-corrected chi connectivity index (χ4v) is 15.9. The van der Waals surface area contributed by atoms with E-state index in [1.165, 1.54) is 36.7 Å². The van der Waals surface area contributed by atoms with E-state index in [-0.39, 0.29) is 0 Å². The Hall–Kier alpha value is 0.203. The molecule has 0 unspecified atom stereocenters. The first kappa shape index (κ1) is 11.7. The van der Waals surface area contributed by atoms with Crippen molar-refractivity contribution in [1.29, 1.82) is 0 Å². The van der Waals surface area contributed by atoms with Gasteiger partial charge in [0, 0.05) is 0 Å². The van der Waals surface area contributed by atoms with Gasteiger partial charge in [-0.3, -0.25) is 0 Å². The Labute approximate surface area is 97.1 Å². The molecule has 0 aromatic rings. The molecular weight excluding hydrogens is 245 g/mol. The van der Waals surface area contributed by atoms with Crippen molar-refractivity contribution in [1.82, 2.24) is 7.71 Å². The summed E-state index contributed by atoms with van der Waals surface area (Å²) in [4.78, 5) is 0. The molecule has 0 bridgehead atoms. The second-order valence-corrected chi connectivity index (χ2v) is 13.3. The van der Waals surface area contributed by atoms with Crippen LogP contribution in [-0.4, -0.2) is 47.6 Å². The van der Waals surface area contributed by atoms with Crippen LogP contribution in [0.25, 0.3) is 0 Å². The average molecular weight is 269 g/mol. The van der Waals surface area contributed by atoms with Crippen LogP contribution in [0.3, 0.4) is 0 Å². The van der Waals surface area contributed by atoms with Gasteiger partial charge in [-0.15, -0.1) is 0 Å². The molecule has 0 aromatic heterocycles. The molecule has 2 heterocycles. The average Bonchev–Trinajstić information content (AvgIpc) is 2.69. The molecular formula is C12H24GeN2. The molecule has 3 heteroatoms. The second-order valence-electron chi connectivity index (χ2n) is 5.06. The Morgan fingerprint density at radius 2 is 1.33 bits per heavy atom. The van der Waals surface area contributed by atoms with Gasteiger partial charge in [-0.25, -0.2) is 0 Å². The van der Waals surface area contributed by atoms with Gasteiger partial charge in [0.05, 0.1) is 0 Å². The molecule has 86 valence electrons. The molecule has 2 aliphatic rings. The Morgan fingerprint density at radius 3 is 1.67 bits per heavy atom. The normalized spacial score (nSPS) is 27.2. The zero-order chi connectivity index (χ0) is 11.1. The molecule has 0 aromatic carbocycles. The van der Waals surface area contributed by atoms with Gasteiger partial charge in [0.15, 0.2) is 0 Å². The van der Waals surface area contributed by atoms with Crippen molar-refractivity contribution in [3.8, 4) is 0 Å². The number of hydrogen-bond acceptors (Lipinski definition) is 2. The molecule has 1 saturated heterocycles. The minimum absolute atomic E-state index is 1.27. The van der Waals surface area contributed by atoms with E-state index in [9.17, 15) is 0 Å². The van der Waals surface area contributed by atoms with Gasteiger partial charge in [-0.05, 0) is 0 Å². The molecule has 0 N–H and O–H groups in total. The van der Waals surface area contributed by atoms with Crippen molar-refractivity contribution in [2.24, 2.45) is 0 Å². The zero-order valence-electron chi connectivity index (χ0n) is 10.6. The maximum absolute atomic E-state index is 2.86. The molecule has 0 radical (unpaired) electrons. The van der Waals surface area contributed by atoms with Gasteiger partial charge in [-0.1, -0.05) is 0 Å². The van der Waals surface area contributed by atoms with E-state index in [4.69, 9.17) is 0 Å². The maximum atomic E-state index is 2.86. The summed E-state index contributed by atoms with van der Waals surface area (Å²) in [6.07, 6.45) is 0. The molecule has 0 saturated carbocycles. The van der Waals surface area contributed by atoms with Crippen molar-refractivity contribution in [3.05, 3.63) is 11.1 Å². The number of likely N-dealkylation sites (N-methyl/N-ethyl adjacent to an activating group) is 2. The van der Waals surface area contributed by atoms with E-state index in [0.717, 1.165) is 0 Å². The molecule has 15 heavy (non-hydrogen) atoms. The second kappa shape index (κ2) is 4.23. The van der Waals surface area contributed by atoms with E-state index < -0.39 is 13.7 Å². The van der Waals surface area contributed by atoms with Crippen LogP contribution in [0.4, 0.5) is 0 Å². The molecule has 2 rings (SSSR count). The Balaban J connectivity index is 2.24. The van der Waals surface area contributed by atoms with E-state index >= 15 is 0 Å².